The fourth-order valence-corrected chi connectivity index (χ4v) is 3.79. The highest BCUT2D eigenvalue weighted by Gasteiger charge is 2.29. The van der Waals surface area contributed by atoms with Gasteiger partial charge in [0.05, 0.1) is 6.26 Å². The number of hydrogen-bond donors (Lipinski definition) is 3. The van der Waals surface area contributed by atoms with Crippen molar-refractivity contribution in [1.82, 2.24) is 30.7 Å². The van der Waals surface area contributed by atoms with Crippen LogP contribution in [-0.4, -0.2) is 51.2 Å². The van der Waals surface area contributed by atoms with E-state index in [4.69, 9.17) is 4.42 Å². The van der Waals surface area contributed by atoms with Gasteiger partial charge in [-0.05, 0) is 38.0 Å². The fraction of sp³-hybridized carbons (Fsp3) is 0.409. The van der Waals surface area contributed by atoms with E-state index in [-0.39, 0.29) is 24.0 Å². The van der Waals surface area contributed by atoms with Crippen molar-refractivity contribution < 1.29 is 4.42 Å². The van der Waals surface area contributed by atoms with Crippen LogP contribution in [0.5, 0.6) is 0 Å². The number of nitrogens with zero attached hydrogens (tertiary/aromatic N) is 4. The van der Waals surface area contributed by atoms with Gasteiger partial charge in [0.15, 0.2) is 11.7 Å². The van der Waals surface area contributed by atoms with E-state index in [1.165, 1.54) is 5.56 Å². The molecule has 1 aliphatic heterocycles. The smallest absolute Gasteiger partial charge is 0.216 e. The number of aliphatic imine (C=N–C) groups is 1. The van der Waals surface area contributed by atoms with Gasteiger partial charge in [-0.15, -0.1) is 29.1 Å². The Morgan fingerprint density at radius 3 is 2.84 bits per heavy atom. The molecular formula is C22H30IN7O. The molecule has 0 aliphatic carbocycles. The van der Waals surface area contributed by atoms with Crippen molar-refractivity contribution in [3.63, 3.8) is 0 Å². The first-order valence-electron chi connectivity index (χ1n) is 10.5. The minimum Gasteiger partial charge on any atom is -0.461 e. The number of likely N-dealkylation sites (tertiary alicyclic amines) is 1. The molecule has 3 heterocycles. The third kappa shape index (κ3) is 6.30. The molecule has 0 bridgehead atoms. The van der Waals surface area contributed by atoms with Gasteiger partial charge in [0.2, 0.25) is 5.82 Å². The second-order valence-corrected chi connectivity index (χ2v) is 7.62. The topological polar surface area (TPSA) is 94.4 Å². The maximum absolute atomic E-state index is 5.34. The Hall–Kier alpha value is -2.40. The Morgan fingerprint density at radius 1 is 1.26 bits per heavy atom. The first-order chi connectivity index (χ1) is 14.7. The zero-order valence-electron chi connectivity index (χ0n) is 17.9. The van der Waals surface area contributed by atoms with Gasteiger partial charge in [0.1, 0.15) is 12.4 Å². The third-order valence-electron chi connectivity index (χ3n) is 5.28. The van der Waals surface area contributed by atoms with E-state index < -0.39 is 0 Å². The van der Waals surface area contributed by atoms with E-state index in [1.807, 2.05) is 12.1 Å². The van der Waals surface area contributed by atoms with E-state index in [9.17, 15) is 0 Å². The molecule has 1 saturated heterocycles. The standard InChI is InChI=1S/C22H29N7O.HI/c1-3-23-22(24-13-20-26-21(28-27-20)19-10-7-11-30-19)25-18-12-16(2)29(15-18)14-17-8-5-4-6-9-17;/h4-11,16,18H,3,12-15H2,1-2H3,(H2,23,24,25)(H,26,27,28);1H. The second-order valence-electron chi connectivity index (χ2n) is 7.62. The van der Waals surface area contributed by atoms with Crippen LogP contribution >= 0.6 is 24.0 Å². The lowest BCUT2D eigenvalue weighted by atomic mass is 10.2. The summed E-state index contributed by atoms with van der Waals surface area (Å²) < 4.78 is 5.34. The van der Waals surface area contributed by atoms with Crippen LogP contribution in [-0.2, 0) is 13.1 Å². The Bertz CT molecular complexity index is 942. The van der Waals surface area contributed by atoms with Crippen LogP contribution in [0.15, 0.2) is 58.1 Å². The molecule has 1 aliphatic rings. The number of hydrogen-bond acceptors (Lipinski definition) is 5. The SMILES string of the molecule is CCNC(=NCc1nc(-c2ccco2)n[nH]1)NC1CC(C)N(Cc2ccccc2)C1.I. The van der Waals surface area contributed by atoms with Crippen LogP contribution in [0.1, 0.15) is 31.7 Å². The predicted molar refractivity (Wildman–Crippen MR) is 132 cm³/mol. The first kappa shape index (κ1) is 23.3. The van der Waals surface area contributed by atoms with Crippen molar-refractivity contribution >= 4 is 29.9 Å². The van der Waals surface area contributed by atoms with Crippen LogP contribution in [0.25, 0.3) is 11.6 Å². The summed E-state index contributed by atoms with van der Waals surface area (Å²) >= 11 is 0. The zero-order valence-corrected chi connectivity index (χ0v) is 20.2. The van der Waals surface area contributed by atoms with Gasteiger partial charge in [-0.2, -0.15) is 0 Å². The molecule has 2 aromatic heterocycles. The Labute approximate surface area is 199 Å². The van der Waals surface area contributed by atoms with E-state index in [0.29, 0.717) is 36.0 Å². The molecule has 0 radical (unpaired) electrons. The third-order valence-corrected chi connectivity index (χ3v) is 5.28. The summed E-state index contributed by atoms with van der Waals surface area (Å²) in [5.74, 6) is 2.69. The van der Waals surface area contributed by atoms with Gasteiger partial charge < -0.3 is 15.1 Å². The molecule has 166 valence electrons. The quantitative estimate of drug-likeness (QED) is 0.244. The highest BCUT2D eigenvalue weighted by molar-refractivity contribution is 14.0. The second kappa shape index (κ2) is 11.3. The van der Waals surface area contributed by atoms with Crippen molar-refractivity contribution in [3.8, 4) is 11.6 Å². The number of halogens is 1. The van der Waals surface area contributed by atoms with Crippen LogP contribution < -0.4 is 10.6 Å². The van der Waals surface area contributed by atoms with Crippen molar-refractivity contribution in [2.75, 3.05) is 13.1 Å². The number of benzene rings is 1. The van der Waals surface area contributed by atoms with Gasteiger partial charge in [-0.1, -0.05) is 30.3 Å². The Morgan fingerprint density at radius 2 is 2.10 bits per heavy atom. The molecule has 3 aromatic rings. The lowest BCUT2D eigenvalue weighted by Gasteiger charge is -2.21. The van der Waals surface area contributed by atoms with Crippen LogP contribution in [0.3, 0.4) is 0 Å². The summed E-state index contributed by atoms with van der Waals surface area (Å²) in [5.41, 5.74) is 1.35. The molecular weight excluding hydrogens is 505 g/mol. The Balaban J connectivity index is 0.00000272. The molecule has 2 atom stereocenters. The van der Waals surface area contributed by atoms with Gasteiger partial charge in [-0.25, -0.2) is 9.98 Å². The molecule has 31 heavy (non-hydrogen) atoms. The lowest BCUT2D eigenvalue weighted by molar-refractivity contribution is 0.258. The molecule has 1 fully saturated rings. The van der Waals surface area contributed by atoms with E-state index in [1.54, 1.807) is 6.26 Å². The van der Waals surface area contributed by atoms with Gasteiger partial charge in [0.25, 0.3) is 0 Å². The lowest BCUT2D eigenvalue weighted by Crippen LogP contribution is -2.44. The average Bonchev–Trinajstić information content (AvgIpc) is 3.49. The van der Waals surface area contributed by atoms with E-state index >= 15 is 0 Å². The number of rotatable bonds is 7. The minimum absolute atomic E-state index is 0. The minimum atomic E-state index is 0. The monoisotopic (exact) mass is 535 g/mol. The van der Waals surface area contributed by atoms with Crippen molar-refractivity contribution in [2.45, 2.75) is 45.4 Å². The number of furan rings is 1. The van der Waals surface area contributed by atoms with Gasteiger partial charge >= 0.3 is 0 Å². The fourth-order valence-electron chi connectivity index (χ4n) is 3.79. The number of aromatic nitrogens is 3. The summed E-state index contributed by atoms with van der Waals surface area (Å²) in [6, 6.07) is 15.2. The van der Waals surface area contributed by atoms with E-state index in [2.05, 4.69) is 79.9 Å². The summed E-state index contributed by atoms with van der Waals surface area (Å²) in [6.45, 7) is 7.54. The summed E-state index contributed by atoms with van der Waals surface area (Å²) in [4.78, 5) is 11.7. The summed E-state index contributed by atoms with van der Waals surface area (Å²) in [5, 5.41) is 14.1. The maximum atomic E-state index is 5.34. The van der Waals surface area contributed by atoms with Crippen molar-refractivity contribution in [2.24, 2.45) is 4.99 Å². The van der Waals surface area contributed by atoms with Crippen molar-refractivity contribution in [3.05, 3.63) is 60.1 Å². The molecule has 0 saturated carbocycles. The first-order valence-corrected chi connectivity index (χ1v) is 10.5. The molecule has 2 unspecified atom stereocenters. The zero-order chi connectivity index (χ0) is 20.8. The molecule has 8 nitrogen and oxygen atoms in total. The van der Waals surface area contributed by atoms with Crippen molar-refractivity contribution in [1.29, 1.82) is 0 Å². The molecule has 9 heteroatoms. The highest BCUT2D eigenvalue weighted by atomic mass is 127. The normalized spacial score (nSPS) is 19.2. The number of guanidine groups is 1. The molecule has 1 aromatic carbocycles. The average molecular weight is 535 g/mol. The number of H-pyrrole nitrogens is 1. The molecule has 3 N–H and O–H groups in total. The number of nitrogens with one attached hydrogen (secondary N) is 3. The van der Waals surface area contributed by atoms with Gasteiger partial charge in [-0.3, -0.25) is 10.00 Å². The summed E-state index contributed by atoms with van der Waals surface area (Å²) in [6.07, 6.45) is 2.70. The van der Waals surface area contributed by atoms with E-state index in [0.717, 1.165) is 32.0 Å². The van der Waals surface area contributed by atoms with Gasteiger partial charge in [0, 0.05) is 31.7 Å². The van der Waals surface area contributed by atoms with Crippen LogP contribution in [0.2, 0.25) is 0 Å². The molecule has 4 rings (SSSR count). The predicted octanol–water partition coefficient (Wildman–Crippen LogP) is 3.40. The molecule has 0 amide bonds. The largest absolute Gasteiger partial charge is 0.461 e. The highest BCUT2D eigenvalue weighted by Crippen LogP contribution is 2.20. The number of aromatic amines is 1. The summed E-state index contributed by atoms with van der Waals surface area (Å²) in [7, 11) is 0. The molecule has 0 spiro atoms. The van der Waals surface area contributed by atoms with Crippen LogP contribution in [0.4, 0.5) is 0 Å². The maximum Gasteiger partial charge on any atom is 0.216 e. The van der Waals surface area contributed by atoms with Crippen LogP contribution in [0, 0.1) is 0 Å². The Kier molecular flexibility index (Phi) is 8.47.